The van der Waals surface area contributed by atoms with Gasteiger partial charge in [0.1, 0.15) is 0 Å². The van der Waals surface area contributed by atoms with E-state index in [-0.39, 0.29) is 0 Å². The molecule has 4 heteroatoms. The number of rotatable bonds is 2. The van der Waals surface area contributed by atoms with Crippen molar-refractivity contribution in [2.24, 2.45) is 0 Å². The SMILES string of the molecule is Cc1cccc(CN2C(=O)C(=O)c3ccc(Br)cc32)c1. The number of benzene rings is 2. The van der Waals surface area contributed by atoms with Crippen molar-refractivity contribution in [1.29, 1.82) is 0 Å². The van der Waals surface area contributed by atoms with Gasteiger partial charge in [-0.2, -0.15) is 0 Å². The minimum absolute atomic E-state index is 0.412. The summed E-state index contributed by atoms with van der Waals surface area (Å²) in [4.78, 5) is 25.6. The predicted molar refractivity (Wildman–Crippen MR) is 80.8 cm³/mol. The molecule has 0 aromatic heterocycles. The molecule has 100 valence electrons. The zero-order valence-electron chi connectivity index (χ0n) is 10.9. The molecule has 0 unspecified atom stereocenters. The zero-order valence-corrected chi connectivity index (χ0v) is 12.5. The van der Waals surface area contributed by atoms with Gasteiger partial charge in [0.15, 0.2) is 0 Å². The first-order valence-corrected chi connectivity index (χ1v) is 7.07. The Bertz CT molecular complexity index is 724. The highest BCUT2D eigenvalue weighted by atomic mass is 79.9. The average molecular weight is 330 g/mol. The summed E-state index contributed by atoms with van der Waals surface area (Å²) in [5.41, 5.74) is 3.30. The van der Waals surface area contributed by atoms with Crippen LogP contribution in [0.5, 0.6) is 0 Å². The molecule has 1 heterocycles. The molecule has 0 N–H and O–H groups in total. The van der Waals surface area contributed by atoms with Gasteiger partial charge in [0, 0.05) is 4.47 Å². The molecular formula is C16H12BrNO2. The fourth-order valence-electron chi connectivity index (χ4n) is 2.42. The van der Waals surface area contributed by atoms with Crippen molar-refractivity contribution in [3.05, 3.63) is 63.6 Å². The third-order valence-corrected chi connectivity index (χ3v) is 3.85. The predicted octanol–water partition coefficient (Wildman–Crippen LogP) is 3.49. The molecule has 1 amide bonds. The number of ketones is 1. The van der Waals surface area contributed by atoms with Crippen molar-refractivity contribution in [3.63, 3.8) is 0 Å². The molecule has 0 bridgehead atoms. The van der Waals surface area contributed by atoms with Crippen LogP contribution in [0.15, 0.2) is 46.9 Å². The maximum Gasteiger partial charge on any atom is 0.299 e. The van der Waals surface area contributed by atoms with Crippen molar-refractivity contribution in [3.8, 4) is 0 Å². The Kier molecular flexibility index (Phi) is 3.18. The number of nitrogens with zero attached hydrogens (tertiary/aromatic N) is 1. The molecule has 1 aliphatic heterocycles. The summed E-state index contributed by atoms with van der Waals surface area (Å²) in [6.07, 6.45) is 0. The molecule has 2 aromatic carbocycles. The molecule has 0 spiro atoms. The third-order valence-electron chi connectivity index (χ3n) is 3.36. The zero-order chi connectivity index (χ0) is 14.3. The second-order valence-corrected chi connectivity index (χ2v) is 5.79. The topological polar surface area (TPSA) is 37.4 Å². The van der Waals surface area contributed by atoms with Gasteiger partial charge in [-0.3, -0.25) is 9.59 Å². The van der Waals surface area contributed by atoms with Gasteiger partial charge in [-0.25, -0.2) is 0 Å². The molecule has 20 heavy (non-hydrogen) atoms. The van der Waals surface area contributed by atoms with Crippen molar-refractivity contribution in [1.82, 2.24) is 0 Å². The van der Waals surface area contributed by atoms with Gasteiger partial charge in [0.2, 0.25) is 0 Å². The molecule has 0 fully saturated rings. The first-order chi connectivity index (χ1) is 9.56. The molecule has 2 aromatic rings. The first-order valence-electron chi connectivity index (χ1n) is 6.27. The van der Waals surface area contributed by atoms with Crippen LogP contribution in [0.1, 0.15) is 21.5 Å². The fraction of sp³-hybridized carbons (Fsp3) is 0.125. The molecule has 0 radical (unpaired) electrons. The first kappa shape index (κ1) is 13.1. The van der Waals surface area contributed by atoms with E-state index in [1.807, 2.05) is 37.3 Å². The lowest BCUT2D eigenvalue weighted by Gasteiger charge is -2.17. The molecule has 0 aliphatic carbocycles. The van der Waals surface area contributed by atoms with Crippen LogP contribution in [-0.2, 0) is 11.3 Å². The van der Waals surface area contributed by atoms with Crippen LogP contribution >= 0.6 is 15.9 Å². The number of carbonyl (C=O) groups excluding carboxylic acids is 2. The molecule has 0 atom stereocenters. The van der Waals surface area contributed by atoms with E-state index in [0.717, 1.165) is 15.6 Å². The van der Waals surface area contributed by atoms with Gasteiger partial charge >= 0.3 is 0 Å². The lowest BCUT2D eigenvalue weighted by Crippen LogP contribution is -2.29. The van der Waals surface area contributed by atoms with E-state index < -0.39 is 11.7 Å². The van der Waals surface area contributed by atoms with Gasteiger partial charge in [0.05, 0.1) is 17.8 Å². The Hall–Kier alpha value is -1.94. The Morgan fingerprint density at radius 2 is 1.90 bits per heavy atom. The molecular weight excluding hydrogens is 318 g/mol. The number of fused-ring (bicyclic) bond motifs is 1. The number of anilines is 1. The van der Waals surface area contributed by atoms with E-state index in [4.69, 9.17) is 0 Å². The van der Waals surface area contributed by atoms with E-state index >= 15 is 0 Å². The Labute approximate surface area is 125 Å². The van der Waals surface area contributed by atoms with Crippen LogP contribution in [0, 0.1) is 6.92 Å². The number of hydrogen-bond acceptors (Lipinski definition) is 2. The summed E-state index contributed by atoms with van der Waals surface area (Å²) in [5.74, 6) is -0.889. The van der Waals surface area contributed by atoms with Crippen LogP contribution in [0.25, 0.3) is 0 Å². The van der Waals surface area contributed by atoms with Crippen LogP contribution < -0.4 is 4.90 Å². The highest BCUT2D eigenvalue weighted by Gasteiger charge is 2.35. The number of aryl methyl sites for hydroxylation is 1. The van der Waals surface area contributed by atoms with E-state index in [0.29, 0.717) is 17.8 Å². The number of hydrogen-bond donors (Lipinski definition) is 0. The number of Topliss-reactive ketones (excluding diaryl/α,β-unsaturated/α-hetero) is 1. The maximum atomic E-state index is 12.1. The van der Waals surface area contributed by atoms with Crippen LogP contribution in [-0.4, -0.2) is 11.7 Å². The molecule has 3 nitrogen and oxygen atoms in total. The van der Waals surface area contributed by atoms with E-state index in [2.05, 4.69) is 15.9 Å². The summed E-state index contributed by atoms with van der Waals surface area (Å²) >= 11 is 3.38. The van der Waals surface area contributed by atoms with E-state index in [1.165, 1.54) is 4.90 Å². The fourth-order valence-corrected chi connectivity index (χ4v) is 2.77. The summed E-state index contributed by atoms with van der Waals surface area (Å²) < 4.78 is 0.855. The van der Waals surface area contributed by atoms with Crippen LogP contribution in [0.2, 0.25) is 0 Å². The summed E-state index contributed by atoms with van der Waals surface area (Å²) in [6, 6.07) is 13.2. The highest BCUT2D eigenvalue weighted by molar-refractivity contribution is 9.10. The van der Waals surface area contributed by atoms with Crippen LogP contribution in [0.3, 0.4) is 0 Å². The van der Waals surface area contributed by atoms with Gasteiger partial charge in [-0.15, -0.1) is 0 Å². The van der Waals surface area contributed by atoms with Gasteiger partial charge < -0.3 is 4.90 Å². The summed E-state index contributed by atoms with van der Waals surface area (Å²) in [6.45, 7) is 2.42. The Morgan fingerprint density at radius 1 is 1.10 bits per heavy atom. The van der Waals surface area contributed by atoms with Gasteiger partial charge in [0.25, 0.3) is 11.7 Å². The van der Waals surface area contributed by atoms with Gasteiger partial charge in [-0.1, -0.05) is 45.8 Å². The third kappa shape index (κ3) is 2.16. The molecule has 0 saturated carbocycles. The standard InChI is InChI=1S/C16H12BrNO2/c1-10-3-2-4-11(7-10)9-18-14-8-12(17)5-6-13(14)15(19)16(18)20/h2-8H,9H2,1H3. The van der Waals surface area contributed by atoms with Crippen LogP contribution in [0.4, 0.5) is 5.69 Å². The number of halogens is 1. The van der Waals surface area contributed by atoms with E-state index in [9.17, 15) is 9.59 Å². The Balaban J connectivity index is 2.01. The van der Waals surface area contributed by atoms with Crippen molar-refractivity contribution >= 4 is 33.3 Å². The van der Waals surface area contributed by atoms with Gasteiger partial charge in [-0.05, 0) is 30.7 Å². The van der Waals surface area contributed by atoms with Crippen molar-refractivity contribution in [2.45, 2.75) is 13.5 Å². The smallest absolute Gasteiger partial charge is 0.299 e. The Morgan fingerprint density at radius 3 is 2.65 bits per heavy atom. The molecule has 3 rings (SSSR count). The second-order valence-electron chi connectivity index (χ2n) is 4.87. The minimum atomic E-state index is -0.459. The normalized spacial score (nSPS) is 13.8. The number of amides is 1. The highest BCUT2D eigenvalue weighted by Crippen LogP contribution is 2.32. The summed E-state index contributed by atoms with van der Waals surface area (Å²) in [5, 5.41) is 0. The minimum Gasteiger partial charge on any atom is -0.300 e. The second kappa shape index (κ2) is 4.87. The lowest BCUT2D eigenvalue weighted by molar-refractivity contribution is -0.114. The van der Waals surface area contributed by atoms with Crippen molar-refractivity contribution < 1.29 is 9.59 Å². The number of carbonyl (C=O) groups is 2. The quantitative estimate of drug-likeness (QED) is 0.791. The van der Waals surface area contributed by atoms with Crippen molar-refractivity contribution in [2.75, 3.05) is 4.90 Å². The largest absolute Gasteiger partial charge is 0.300 e. The molecule has 1 aliphatic rings. The van der Waals surface area contributed by atoms with E-state index in [1.54, 1.807) is 12.1 Å². The molecule has 0 saturated heterocycles. The summed E-state index contributed by atoms with van der Waals surface area (Å²) in [7, 11) is 0. The average Bonchev–Trinajstić information content (AvgIpc) is 2.64. The lowest BCUT2D eigenvalue weighted by atomic mass is 10.1. The maximum absolute atomic E-state index is 12.1. The monoisotopic (exact) mass is 329 g/mol.